The summed E-state index contributed by atoms with van der Waals surface area (Å²) in [4.78, 5) is 34.0. The number of amides is 2. The molecule has 0 N–H and O–H groups in total. The number of carbonyl (C=O) groups is 2. The number of likely N-dealkylation sites (tertiary alicyclic amines) is 2. The maximum absolute atomic E-state index is 13.3. The van der Waals surface area contributed by atoms with Crippen LogP contribution in [0.5, 0.6) is 5.88 Å². The Morgan fingerprint density at radius 1 is 1.00 bits per heavy atom. The van der Waals surface area contributed by atoms with E-state index in [9.17, 15) is 9.59 Å². The molecule has 2 atom stereocenters. The van der Waals surface area contributed by atoms with E-state index >= 15 is 0 Å². The Morgan fingerprint density at radius 3 is 2.24 bits per heavy atom. The van der Waals surface area contributed by atoms with Crippen molar-refractivity contribution in [1.29, 1.82) is 0 Å². The average molecular weight is 458 g/mol. The molecule has 1 saturated carbocycles. The smallest absolute Gasteiger partial charge is 0.410 e. The van der Waals surface area contributed by atoms with Crippen molar-refractivity contribution in [2.75, 3.05) is 39.4 Å². The summed E-state index contributed by atoms with van der Waals surface area (Å²) in [7, 11) is 0. The van der Waals surface area contributed by atoms with Crippen molar-refractivity contribution in [3.8, 4) is 5.88 Å². The fourth-order valence-electron chi connectivity index (χ4n) is 5.14. The van der Waals surface area contributed by atoms with E-state index < -0.39 is 5.60 Å². The molecule has 2 amide bonds. The summed E-state index contributed by atoms with van der Waals surface area (Å²) in [6.07, 6.45) is 5.55. The zero-order chi connectivity index (χ0) is 23.2. The Bertz CT molecular complexity index is 890. The number of nitrogens with zero attached hydrogens (tertiary/aromatic N) is 3. The molecule has 1 aliphatic carbocycles. The number of carbonyl (C=O) groups excluding carboxylic acids is 2. The molecule has 2 unspecified atom stereocenters. The van der Waals surface area contributed by atoms with Crippen LogP contribution in [0.1, 0.15) is 68.3 Å². The summed E-state index contributed by atoms with van der Waals surface area (Å²) in [5.41, 5.74) is 1.21. The van der Waals surface area contributed by atoms with Gasteiger partial charge in [0.2, 0.25) is 5.88 Å². The lowest BCUT2D eigenvalue weighted by molar-refractivity contribution is 0.0232. The van der Waals surface area contributed by atoms with Gasteiger partial charge in [0.05, 0.1) is 18.8 Å². The Morgan fingerprint density at radius 2 is 1.64 bits per heavy atom. The van der Waals surface area contributed by atoms with Crippen LogP contribution >= 0.6 is 0 Å². The van der Waals surface area contributed by atoms with Crippen molar-refractivity contribution in [3.05, 3.63) is 23.4 Å². The van der Waals surface area contributed by atoms with Crippen LogP contribution in [0.3, 0.4) is 0 Å². The number of rotatable bonds is 4. The second kappa shape index (κ2) is 8.78. The molecule has 180 valence electrons. The van der Waals surface area contributed by atoms with Gasteiger partial charge in [0, 0.05) is 62.6 Å². The van der Waals surface area contributed by atoms with E-state index in [1.54, 1.807) is 11.1 Å². The van der Waals surface area contributed by atoms with Crippen LogP contribution in [0, 0.1) is 11.8 Å². The summed E-state index contributed by atoms with van der Waals surface area (Å²) >= 11 is 0. The van der Waals surface area contributed by atoms with Gasteiger partial charge in [0.15, 0.2) is 0 Å². The fraction of sp³-hybridized carbons (Fsp3) is 0.720. The van der Waals surface area contributed by atoms with E-state index in [0.717, 1.165) is 44.5 Å². The number of hydrogen-bond donors (Lipinski definition) is 0. The van der Waals surface area contributed by atoms with Crippen molar-refractivity contribution in [3.63, 3.8) is 0 Å². The SMILES string of the molecule is CC(C)(C)OC(=O)N1CC2CN(C(=O)c3cnc(OC4CCOCC4)c(C4CC4)c3)CC2C1. The lowest BCUT2D eigenvalue weighted by Crippen LogP contribution is -2.38. The molecule has 1 aromatic rings. The molecular formula is C25H35N3O5. The molecule has 3 aliphatic heterocycles. The largest absolute Gasteiger partial charge is 0.474 e. The maximum atomic E-state index is 13.3. The lowest BCUT2D eigenvalue weighted by atomic mass is 10.0. The molecule has 0 radical (unpaired) electrons. The molecule has 4 heterocycles. The molecule has 0 bridgehead atoms. The second-order valence-corrected chi connectivity index (χ2v) is 10.9. The third-order valence-electron chi connectivity index (χ3n) is 7.01. The molecule has 33 heavy (non-hydrogen) atoms. The first kappa shape index (κ1) is 22.4. The maximum Gasteiger partial charge on any atom is 0.410 e. The highest BCUT2D eigenvalue weighted by atomic mass is 16.6. The van der Waals surface area contributed by atoms with Crippen LogP contribution in [-0.2, 0) is 9.47 Å². The predicted molar refractivity (Wildman–Crippen MR) is 121 cm³/mol. The number of ether oxygens (including phenoxy) is 3. The van der Waals surface area contributed by atoms with Crippen LogP contribution in [0.15, 0.2) is 12.3 Å². The van der Waals surface area contributed by atoms with Crippen molar-refractivity contribution < 1.29 is 23.8 Å². The van der Waals surface area contributed by atoms with E-state index in [2.05, 4.69) is 4.98 Å². The minimum atomic E-state index is -0.496. The molecular weight excluding hydrogens is 422 g/mol. The number of pyridine rings is 1. The van der Waals surface area contributed by atoms with E-state index in [1.165, 1.54) is 0 Å². The van der Waals surface area contributed by atoms with Gasteiger partial charge in [-0.05, 0) is 45.6 Å². The van der Waals surface area contributed by atoms with Crippen molar-refractivity contribution >= 4 is 12.0 Å². The van der Waals surface area contributed by atoms with E-state index in [1.807, 2.05) is 31.7 Å². The Labute approximate surface area is 195 Å². The van der Waals surface area contributed by atoms with Crippen molar-refractivity contribution in [2.24, 2.45) is 11.8 Å². The topological polar surface area (TPSA) is 81.2 Å². The van der Waals surface area contributed by atoms with Gasteiger partial charge in [-0.1, -0.05) is 0 Å². The van der Waals surface area contributed by atoms with E-state index in [-0.39, 0.29) is 18.1 Å². The highest BCUT2D eigenvalue weighted by Gasteiger charge is 2.44. The zero-order valence-corrected chi connectivity index (χ0v) is 19.9. The molecule has 0 aromatic carbocycles. The summed E-state index contributed by atoms with van der Waals surface area (Å²) < 4.78 is 17.2. The van der Waals surface area contributed by atoms with E-state index in [0.29, 0.717) is 55.4 Å². The fourth-order valence-corrected chi connectivity index (χ4v) is 5.14. The standard InChI is InChI=1S/C25H35N3O5/c1-25(2,3)33-24(30)28-14-18-12-27(13-19(18)15-28)23(29)17-10-21(16-4-5-16)22(26-11-17)32-20-6-8-31-9-7-20/h10-11,16,18-20H,4-9,12-15H2,1-3H3. The third-order valence-corrected chi connectivity index (χ3v) is 7.01. The third kappa shape index (κ3) is 5.10. The van der Waals surface area contributed by atoms with Crippen LogP contribution in [0.25, 0.3) is 0 Å². The minimum absolute atomic E-state index is 0.0280. The van der Waals surface area contributed by atoms with E-state index in [4.69, 9.17) is 14.2 Å². The molecule has 4 aliphatic rings. The molecule has 4 fully saturated rings. The Balaban J connectivity index is 1.22. The zero-order valence-electron chi connectivity index (χ0n) is 19.9. The van der Waals surface area contributed by atoms with Gasteiger partial charge in [0.25, 0.3) is 5.91 Å². The summed E-state index contributed by atoms with van der Waals surface area (Å²) in [5.74, 6) is 1.76. The first-order chi connectivity index (χ1) is 15.8. The van der Waals surface area contributed by atoms with Crippen molar-refractivity contribution in [1.82, 2.24) is 14.8 Å². The highest BCUT2D eigenvalue weighted by molar-refractivity contribution is 5.94. The molecule has 8 heteroatoms. The van der Waals surface area contributed by atoms with Crippen molar-refractivity contribution in [2.45, 2.75) is 64.1 Å². The van der Waals surface area contributed by atoms with Gasteiger partial charge in [-0.2, -0.15) is 0 Å². The van der Waals surface area contributed by atoms with Crippen LogP contribution in [-0.4, -0.2) is 77.9 Å². The predicted octanol–water partition coefficient (Wildman–Crippen LogP) is 3.46. The number of hydrogen-bond acceptors (Lipinski definition) is 6. The monoisotopic (exact) mass is 457 g/mol. The van der Waals surface area contributed by atoms with Gasteiger partial charge in [-0.15, -0.1) is 0 Å². The van der Waals surface area contributed by atoms with Gasteiger partial charge in [-0.3, -0.25) is 4.79 Å². The van der Waals surface area contributed by atoms with Crippen LogP contribution in [0.4, 0.5) is 4.79 Å². The lowest BCUT2D eigenvalue weighted by Gasteiger charge is -2.26. The van der Waals surface area contributed by atoms with Crippen LogP contribution in [0.2, 0.25) is 0 Å². The normalized spacial score (nSPS) is 25.8. The molecule has 5 rings (SSSR count). The number of fused-ring (bicyclic) bond motifs is 1. The first-order valence-electron chi connectivity index (χ1n) is 12.3. The summed E-state index contributed by atoms with van der Waals surface area (Å²) in [6, 6.07) is 2.00. The van der Waals surface area contributed by atoms with Crippen LogP contribution < -0.4 is 4.74 Å². The summed E-state index contributed by atoms with van der Waals surface area (Å²) in [6.45, 7) is 9.72. The summed E-state index contributed by atoms with van der Waals surface area (Å²) in [5, 5.41) is 0. The Hall–Kier alpha value is -2.35. The average Bonchev–Trinajstić information content (AvgIpc) is 3.41. The first-order valence-corrected chi connectivity index (χ1v) is 12.3. The number of aromatic nitrogens is 1. The second-order valence-electron chi connectivity index (χ2n) is 10.9. The van der Waals surface area contributed by atoms with Gasteiger partial charge in [0.1, 0.15) is 11.7 Å². The highest BCUT2D eigenvalue weighted by Crippen LogP contribution is 2.44. The van der Waals surface area contributed by atoms with Gasteiger partial charge >= 0.3 is 6.09 Å². The van der Waals surface area contributed by atoms with Gasteiger partial charge < -0.3 is 24.0 Å². The Kier molecular flexibility index (Phi) is 5.97. The van der Waals surface area contributed by atoms with Gasteiger partial charge in [-0.25, -0.2) is 9.78 Å². The molecule has 3 saturated heterocycles. The molecule has 8 nitrogen and oxygen atoms in total. The molecule has 1 aromatic heterocycles. The quantitative estimate of drug-likeness (QED) is 0.689. The minimum Gasteiger partial charge on any atom is -0.474 e. The molecule has 0 spiro atoms.